The predicted octanol–water partition coefficient (Wildman–Crippen LogP) is 1.15. The van der Waals surface area contributed by atoms with Crippen LogP contribution in [0.1, 0.15) is 16.3 Å². The van der Waals surface area contributed by atoms with Crippen molar-refractivity contribution in [3.05, 3.63) is 23.7 Å². The highest BCUT2D eigenvalue weighted by Gasteiger charge is 2.06. The summed E-state index contributed by atoms with van der Waals surface area (Å²) in [7, 11) is 0. The first kappa shape index (κ1) is 7.31. The van der Waals surface area contributed by atoms with Gasteiger partial charge in [-0.3, -0.25) is 4.79 Å². The van der Waals surface area contributed by atoms with Crippen LogP contribution in [0, 0.1) is 0 Å². The Labute approximate surface area is 62.2 Å². The van der Waals surface area contributed by atoms with Gasteiger partial charge in [0.25, 0.3) is 5.24 Å². The Balaban J connectivity index is 2.88. The van der Waals surface area contributed by atoms with E-state index >= 15 is 0 Å². The van der Waals surface area contributed by atoms with Gasteiger partial charge >= 0.3 is 0 Å². The minimum Gasteiger partial charge on any atom is -0.454 e. The molecule has 1 aromatic heterocycles. The second kappa shape index (κ2) is 2.86. The lowest BCUT2D eigenvalue weighted by atomic mass is 10.4. The summed E-state index contributed by atoms with van der Waals surface area (Å²) in [5.41, 5.74) is 0. The molecule has 1 rings (SSSR count). The highest BCUT2D eigenvalue weighted by Crippen LogP contribution is 2.09. The van der Waals surface area contributed by atoms with Crippen LogP contribution in [0.5, 0.6) is 0 Å². The first-order valence-electron chi connectivity index (χ1n) is 2.63. The third kappa shape index (κ3) is 1.37. The van der Waals surface area contributed by atoms with Crippen molar-refractivity contribution < 1.29 is 14.3 Å². The number of hydrogen-bond acceptors (Lipinski definition) is 3. The summed E-state index contributed by atoms with van der Waals surface area (Å²) in [4.78, 5) is 10.4. The zero-order chi connectivity index (χ0) is 7.56. The summed E-state index contributed by atoms with van der Waals surface area (Å²) in [6, 6.07) is 2.91. The third-order valence-corrected chi connectivity index (χ3v) is 1.20. The van der Waals surface area contributed by atoms with Gasteiger partial charge in [0.15, 0.2) is 5.76 Å². The number of halogens is 1. The van der Waals surface area contributed by atoms with Crippen molar-refractivity contribution in [2.75, 3.05) is 0 Å². The van der Waals surface area contributed by atoms with Crippen LogP contribution in [-0.4, -0.2) is 10.3 Å². The van der Waals surface area contributed by atoms with Crippen molar-refractivity contribution in [3.63, 3.8) is 0 Å². The van der Waals surface area contributed by atoms with E-state index in [-0.39, 0.29) is 12.4 Å². The number of carbonyl (C=O) groups is 1. The van der Waals surface area contributed by atoms with E-state index in [1.165, 1.54) is 12.1 Å². The van der Waals surface area contributed by atoms with E-state index in [0.717, 1.165) is 0 Å². The molecular formula is C6H5ClO3. The first-order valence-corrected chi connectivity index (χ1v) is 3.01. The molecular weight excluding hydrogens is 156 g/mol. The fraction of sp³-hybridized carbons (Fsp3) is 0.167. The molecule has 0 aliphatic rings. The number of carbonyl (C=O) groups excluding carboxylic acids is 1. The van der Waals surface area contributed by atoms with Gasteiger partial charge in [-0.15, -0.1) is 0 Å². The standard InChI is InChI=1S/C6H5ClO3/c7-6(9)5-2-1-4(3-8)10-5/h1-2,8H,3H2. The SMILES string of the molecule is O=C(Cl)c1ccc(CO)o1. The van der Waals surface area contributed by atoms with Gasteiger partial charge in [-0.05, 0) is 23.7 Å². The molecule has 1 aromatic rings. The summed E-state index contributed by atoms with van der Waals surface area (Å²) in [6.07, 6.45) is 0. The number of aliphatic hydroxyl groups is 1. The largest absolute Gasteiger partial charge is 0.454 e. The molecule has 1 N–H and O–H groups in total. The van der Waals surface area contributed by atoms with Crippen molar-refractivity contribution in [3.8, 4) is 0 Å². The van der Waals surface area contributed by atoms with Gasteiger partial charge in [-0.2, -0.15) is 0 Å². The Bertz CT molecular complexity index is 241. The molecule has 0 unspecified atom stereocenters. The maximum Gasteiger partial charge on any atom is 0.287 e. The molecule has 0 bridgehead atoms. The van der Waals surface area contributed by atoms with Gasteiger partial charge in [-0.1, -0.05) is 0 Å². The summed E-state index contributed by atoms with van der Waals surface area (Å²) >= 11 is 5.06. The summed E-state index contributed by atoms with van der Waals surface area (Å²) in [6.45, 7) is -0.218. The van der Waals surface area contributed by atoms with Crippen LogP contribution in [-0.2, 0) is 6.61 Å². The normalized spacial score (nSPS) is 9.80. The second-order valence-corrected chi connectivity index (χ2v) is 2.04. The minimum absolute atomic E-state index is 0.0608. The van der Waals surface area contributed by atoms with Gasteiger partial charge in [0.1, 0.15) is 12.4 Å². The smallest absolute Gasteiger partial charge is 0.287 e. The average Bonchev–Trinajstić information content (AvgIpc) is 2.34. The molecule has 0 atom stereocenters. The Kier molecular flexibility index (Phi) is 2.09. The molecule has 0 radical (unpaired) electrons. The third-order valence-electron chi connectivity index (χ3n) is 1.01. The number of hydrogen-bond donors (Lipinski definition) is 1. The van der Waals surface area contributed by atoms with Crippen molar-refractivity contribution in [2.24, 2.45) is 0 Å². The highest BCUT2D eigenvalue weighted by atomic mass is 35.5. The number of aliphatic hydroxyl groups excluding tert-OH is 1. The molecule has 0 saturated heterocycles. The molecule has 0 spiro atoms. The monoisotopic (exact) mass is 160 g/mol. The van der Waals surface area contributed by atoms with Crippen LogP contribution in [0.25, 0.3) is 0 Å². The molecule has 3 nitrogen and oxygen atoms in total. The predicted molar refractivity (Wildman–Crippen MR) is 34.8 cm³/mol. The average molecular weight is 161 g/mol. The van der Waals surface area contributed by atoms with Crippen molar-refractivity contribution in [2.45, 2.75) is 6.61 Å². The zero-order valence-electron chi connectivity index (χ0n) is 5.00. The molecule has 0 aliphatic carbocycles. The fourth-order valence-electron chi connectivity index (χ4n) is 0.569. The maximum atomic E-state index is 10.4. The van der Waals surface area contributed by atoms with Gasteiger partial charge in [0, 0.05) is 0 Å². The van der Waals surface area contributed by atoms with Crippen LogP contribution in [0.15, 0.2) is 16.5 Å². The van der Waals surface area contributed by atoms with Crippen LogP contribution in [0.2, 0.25) is 0 Å². The van der Waals surface area contributed by atoms with Crippen LogP contribution >= 0.6 is 11.6 Å². The van der Waals surface area contributed by atoms with E-state index in [9.17, 15) is 4.79 Å². The molecule has 1 heterocycles. The van der Waals surface area contributed by atoms with Crippen molar-refractivity contribution >= 4 is 16.8 Å². The van der Waals surface area contributed by atoms with E-state index in [0.29, 0.717) is 5.76 Å². The Morgan fingerprint density at radius 1 is 1.70 bits per heavy atom. The van der Waals surface area contributed by atoms with Gasteiger partial charge in [-0.25, -0.2) is 0 Å². The topological polar surface area (TPSA) is 50.4 Å². The molecule has 10 heavy (non-hydrogen) atoms. The lowest BCUT2D eigenvalue weighted by Gasteiger charge is -1.84. The van der Waals surface area contributed by atoms with Crippen molar-refractivity contribution in [1.29, 1.82) is 0 Å². The number of furan rings is 1. The van der Waals surface area contributed by atoms with Gasteiger partial charge in [0.05, 0.1) is 0 Å². The molecule has 4 heteroatoms. The van der Waals surface area contributed by atoms with E-state index in [1.807, 2.05) is 0 Å². The fourth-order valence-corrected chi connectivity index (χ4v) is 0.670. The second-order valence-electron chi connectivity index (χ2n) is 1.70. The molecule has 0 aromatic carbocycles. The van der Waals surface area contributed by atoms with Crippen molar-refractivity contribution in [1.82, 2.24) is 0 Å². The van der Waals surface area contributed by atoms with Crippen LogP contribution in [0.4, 0.5) is 0 Å². The van der Waals surface area contributed by atoms with Gasteiger partial charge in [0.2, 0.25) is 0 Å². The first-order chi connectivity index (χ1) is 4.74. The summed E-state index contributed by atoms with van der Waals surface area (Å²) in [5.74, 6) is 0.398. The van der Waals surface area contributed by atoms with E-state index < -0.39 is 5.24 Å². The molecule has 54 valence electrons. The maximum absolute atomic E-state index is 10.4. The highest BCUT2D eigenvalue weighted by molar-refractivity contribution is 6.67. The quantitative estimate of drug-likeness (QED) is 0.661. The number of rotatable bonds is 2. The van der Waals surface area contributed by atoms with Crippen LogP contribution < -0.4 is 0 Å². The molecule has 0 amide bonds. The summed E-state index contributed by atoms with van der Waals surface area (Å²) < 4.78 is 4.76. The summed E-state index contributed by atoms with van der Waals surface area (Å²) in [5, 5.41) is 7.83. The molecule has 0 saturated carbocycles. The lowest BCUT2D eigenvalue weighted by Crippen LogP contribution is -1.82. The Hall–Kier alpha value is -0.800. The van der Waals surface area contributed by atoms with E-state index in [1.54, 1.807) is 0 Å². The van der Waals surface area contributed by atoms with E-state index in [4.69, 9.17) is 21.1 Å². The Morgan fingerprint density at radius 3 is 2.70 bits per heavy atom. The molecule has 0 fully saturated rings. The minimum atomic E-state index is -0.653. The molecule has 0 aliphatic heterocycles. The van der Waals surface area contributed by atoms with Gasteiger partial charge < -0.3 is 9.52 Å². The Morgan fingerprint density at radius 2 is 2.40 bits per heavy atom. The van der Waals surface area contributed by atoms with Crippen LogP contribution in [0.3, 0.4) is 0 Å². The van der Waals surface area contributed by atoms with E-state index in [2.05, 4.69) is 0 Å². The zero-order valence-corrected chi connectivity index (χ0v) is 5.76. The lowest BCUT2D eigenvalue weighted by molar-refractivity contribution is 0.105.